The van der Waals surface area contributed by atoms with E-state index in [1.165, 1.54) is 47.7 Å². The molecule has 0 bridgehead atoms. The minimum atomic E-state index is 0. The number of benzene rings is 2. The van der Waals surface area contributed by atoms with Gasteiger partial charge in [0.25, 0.3) is 0 Å². The fourth-order valence-electron chi connectivity index (χ4n) is 4.09. The normalized spacial score (nSPS) is 17.4. The molecule has 3 aliphatic heterocycles. The van der Waals surface area contributed by atoms with Crippen molar-refractivity contribution in [1.82, 2.24) is 4.58 Å². The van der Waals surface area contributed by atoms with E-state index in [1.807, 2.05) is 0 Å². The quantitative estimate of drug-likeness (QED) is 0.487. The average molecular weight is 335 g/mol. The van der Waals surface area contributed by atoms with Gasteiger partial charge in [-0.2, -0.15) is 0 Å². The van der Waals surface area contributed by atoms with Crippen molar-refractivity contribution in [2.45, 2.75) is 33.1 Å². The summed E-state index contributed by atoms with van der Waals surface area (Å²) in [7, 11) is 0. The summed E-state index contributed by atoms with van der Waals surface area (Å²) in [6.45, 7) is 4.66. The van der Waals surface area contributed by atoms with Crippen LogP contribution in [0.5, 0.6) is 0 Å². The van der Waals surface area contributed by atoms with Crippen molar-refractivity contribution >= 4 is 16.7 Å². The van der Waals surface area contributed by atoms with Crippen LogP contribution in [0.4, 0.5) is 5.69 Å². The van der Waals surface area contributed by atoms with Gasteiger partial charge in [0.2, 0.25) is 5.36 Å². The van der Waals surface area contributed by atoms with Gasteiger partial charge in [-0.25, -0.2) is 4.58 Å². The van der Waals surface area contributed by atoms with E-state index < -0.39 is 0 Å². The van der Waals surface area contributed by atoms with E-state index in [1.54, 1.807) is 0 Å². The van der Waals surface area contributed by atoms with Crippen molar-refractivity contribution in [3.63, 3.8) is 0 Å². The first kappa shape index (κ1) is 16.2. The van der Waals surface area contributed by atoms with Gasteiger partial charge >= 0.3 is 0 Å². The van der Waals surface area contributed by atoms with E-state index >= 15 is 0 Å². The van der Waals surface area contributed by atoms with E-state index in [2.05, 4.69) is 51.9 Å². The van der Waals surface area contributed by atoms with Crippen LogP contribution in [0.1, 0.15) is 33.1 Å². The molecule has 130 valence electrons. The predicted octanol–water partition coefficient (Wildman–Crippen LogP) is 4.34. The fraction of sp³-hybridized carbons (Fsp3) is 0.409. The summed E-state index contributed by atoms with van der Waals surface area (Å²) < 4.78 is 8.75. The van der Waals surface area contributed by atoms with Crippen LogP contribution in [0.25, 0.3) is 22.3 Å². The van der Waals surface area contributed by atoms with Crippen molar-refractivity contribution in [3.8, 4) is 11.3 Å². The lowest BCUT2D eigenvalue weighted by Crippen LogP contribution is -2.26. The molecular formula is C22H27N2O+. The summed E-state index contributed by atoms with van der Waals surface area (Å²) in [4.78, 5) is 2.46. The molecule has 1 aromatic rings. The van der Waals surface area contributed by atoms with Crippen LogP contribution < -0.4 is 14.8 Å². The minimum Gasteiger partial charge on any atom is -0.456 e. The molecule has 0 radical (unpaired) electrons. The fourth-order valence-corrected chi connectivity index (χ4v) is 4.09. The predicted molar refractivity (Wildman–Crippen MR) is 105 cm³/mol. The molecule has 0 spiro atoms. The highest BCUT2D eigenvalue weighted by Gasteiger charge is 2.17. The van der Waals surface area contributed by atoms with Crippen LogP contribution in [-0.2, 0) is 0 Å². The second-order valence-electron chi connectivity index (χ2n) is 7.08. The average Bonchev–Trinajstić information content (AvgIpc) is 3.32. The number of rotatable bonds is 1. The minimum absolute atomic E-state index is 0. The van der Waals surface area contributed by atoms with Gasteiger partial charge in [0.05, 0.1) is 6.07 Å². The largest absolute Gasteiger partial charge is 0.456 e. The summed E-state index contributed by atoms with van der Waals surface area (Å²) >= 11 is 0. The standard InChI is InChI=1S/C21H23N2O.CH4/c1-2-10-22(9-1)18-7-5-16-13-17-6-8-19(23-11-3-4-12-23)15-21(17)24-20(16)14-18;/h5-8,13-15H,1-4,9-12H2;1H4/q+1;. The molecule has 0 atom stereocenters. The highest BCUT2D eigenvalue weighted by Crippen LogP contribution is 2.30. The lowest BCUT2D eigenvalue weighted by Gasteiger charge is -2.18. The second-order valence-corrected chi connectivity index (χ2v) is 7.08. The number of nitrogens with zero attached hydrogens (tertiary/aromatic N) is 2. The van der Waals surface area contributed by atoms with E-state index in [0.29, 0.717) is 0 Å². The van der Waals surface area contributed by atoms with Gasteiger partial charge in [-0.15, -0.1) is 0 Å². The Morgan fingerprint density at radius 2 is 1.64 bits per heavy atom. The van der Waals surface area contributed by atoms with Crippen LogP contribution in [0.2, 0.25) is 0 Å². The van der Waals surface area contributed by atoms with Crippen molar-refractivity contribution in [1.29, 1.82) is 0 Å². The molecule has 0 amide bonds. The zero-order valence-electron chi connectivity index (χ0n) is 14.0. The Balaban J connectivity index is 0.00000157. The number of fused-ring (bicyclic) bond motifs is 2. The smallest absolute Gasteiger partial charge is 0.203 e. The van der Waals surface area contributed by atoms with Gasteiger partial charge in [0.1, 0.15) is 24.4 Å². The molecule has 0 aromatic heterocycles. The molecule has 0 N–H and O–H groups in total. The van der Waals surface area contributed by atoms with Gasteiger partial charge in [0.15, 0.2) is 0 Å². The van der Waals surface area contributed by atoms with Crippen LogP contribution in [0.15, 0.2) is 46.9 Å². The van der Waals surface area contributed by atoms with Gasteiger partial charge in [-0.1, -0.05) is 7.43 Å². The first-order chi connectivity index (χ1) is 11.9. The molecule has 5 rings (SSSR count). The number of hydrogen-bond donors (Lipinski definition) is 0. The first-order valence-electron chi connectivity index (χ1n) is 9.17. The Morgan fingerprint density at radius 3 is 2.44 bits per heavy atom. The molecule has 25 heavy (non-hydrogen) atoms. The number of hydrogen-bond acceptors (Lipinski definition) is 2. The van der Waals surface area contributed by atoms with Crippen LogP contribution in [-0.4, -0.2) is 26.2 Å². The van der Waals surface area contributed by atoms with Crippen LogP contribution in [0.3, 0.4) is 0 Å². The highest BCUT2D eigenvalue weighted by molar-refractivity contribution is 5.85. The van der Waals surface area contributed by atoms with Gasteiger partial charge in [0, 0.05) is 54.7 Å². The van der Waals surface area contributed by atoms with E-state index in [4.69, 9.17) is 4.42 Å². The lowest BCUT2D eigenvalue weighted by atomic mass is 10.1. The third-order valence-electron chi connectivity index (χ3n) is 5.47. The van der Waals surface area contributed by atoms with Gasteiger partial charge < -0.3 is 9.32 Å². The maximum absolute atomic E-state index is 6.29. The van der Waals surface area contributed by atoms with Crippen LogP contribution >= 0.6 is 0 Å². The molecule has 1 aromatic carbocycles. The highest BCUT2D eigenvalue weighted by atomic mass is 16.3. The Bertz CT molecular complexity index is 926. The van der Waals surface area contributed by atoms with Crippen molar-refractivity contribution < 1.29 is 4.42 Å². The maximum Gasteiger partial charge on any atom is 0.203 e. The third kappa shape index (κ3) is 2.92. The molecule has 3 nitrogen and oxygen atoms in total. The maximum atomic E-state index is 6.29. The van der Waals surface area contributed by atoms with Crippen molar-refractivity contribution in [2.75, 3.05) is 31.1 Å². The Labute approximate surface area is 149 Å². The molecule has 2 fully saturated rings. The molecule has 1 aliphatic carbocycles. The third-order valence-corrected chi connectivity index (χ3v) is 5.47. The molecule has 3 heterocycles. The molecule has 0 unspecified atom stereocenters. The topological polar surface area (TPSA) is 19.4 Å². The lowest BCUT2D eigenvalue weighted by molar-refractivity contribution is 0.614. The molecule has 2 saturated heterocycles. The second kappa shape index (κ2) is 6.55. The Kier molecular flexibility index (Phi) is 4.24. The summed E-state index contributed by atoms with van der Waals surface area (Å²) in [5.41, 5.74) is 3.46. The zero-order valence-corrected chi connectivity index (χ0v) is 14.0. The Hall–Kier alpha value is -2.29. The molecular weight excluding hydrogens is 308 g/mol. The van der Waals surface area contributed by atoms with Gasteiger partial charge in [-0.05, 0) is 37.1 Å². The van der Waals surface area contributed by atoms with E-state index in [9.17, 15) is 0 Å². The van der Waals surface area contributed by atoms with E-state index in [-0.39, 0.29) is 7.43 Å². The van der Waals surface area contributed by atoms with Crippen LogP contribution in [0, 0.1) is 0 Å². The molecule has 3 heteroatoms. The summed E-state index contributed by atoms with van der Waals surface area (Å²) in [5.74, 6) is 0.991. The molecule has 0 saturated carbocycles. The summed E-state index contributed by atoms with van der Waals surface area (Å²) in [5, 5.41) is 2.47. The summed E-state index contributed by atoms with van der Waals surface area (Å²) in [6.07, 6.45) is 5.19. The number of anilines is 1. The van der Waals surface area contributed by atoms with Crippen molar-refractivity contribution in [2.24, 2.45) is 0 Å². The first-order valence-corrected chi connectivity index (χ1v) is 9.17. The molecule has 4 aliphatic rings. The van der Waals surface area contributed by atoms with E-state index in [0.717, 1.165) is 37.5 Å². The Morgan fingerprint density at radius 1 is 0.840 bits per heavy atom. The zero-order chi connectivity index (χ0) is 15.9. The van der Waals surface area contributed by atoms with Gasteiger partial charge in [-0.3, -0.25) is 0 Å². The monoisotopic (exact) mass is 335 g/mol. The van der Waals surface area contributed by atoms with Crippen molar-refractivity contribution in [3.05, 3.63) is 47.8 Å². The SMILES string of the molecule is C.c1cc(=[N+]2CCCC2)cc2oc3cc(N4CCCC4)ccc3cc1-2. The summed E-state index contributed by atoms with van der Waals surface area (Å²) in [6, 6.07) is 15.5.